The molecule has 0 aliphatic heterocycles. The lowest BCUT2D eigenvalue weighted by atomic mass is 10.0. The van der Waals surface area contributed by atoms with Crippen LogP contribution in [0.5, 0.6) is 0 Å². The molecular formula is C22H43O2. The van der Waals surface area contributed by atoms with Crippen molar-refractivity contribution in [3.8, 4) is 0 Å². The summed E-state index contributed by atoms with van der Waals surface area (Å²) < 4.78 is 4.39. The van der Waals surface area contributed by atoms with Crippen molar-refractivity contribution in [1.29, 1.82) is 0 Å². The van der Waals surface area contributed by atoms with E-state index in [2.05, 4.69) is 18.8 Å². The van der Waals surface area contributed by atoms with Crippen molar-refractivity contribution in [3.63, 3.8) is 0 Å². The topological polar surface area (TPSA) is 26.3 Å². The van der Waals surface area contributed by atoms with Gasteiger partial charge in [-0.05, 0) is 6.42 Å². The van der Waals surface area contributed by atoms with Crippen molar-refractivity contribution >= 4 is 5.97 Å². The fraction of sp³-hybridized carbons (Fsp3) is 0.909. The Hall–Kier alpha value is -0.530. The Morgan fingerprint density at radius 1 is 0.583 bits per heavy atom. The SMILES string of the molecule is [CH2]OC(=O)CCCCCCCCCCCCCCCCCCCC. The van der Waals surface area contributed by atoms with E-state index in [9.17, 15) is 4.79 Å². The predicted molar refractivity (Wildman–Crippen MR) is 105 cm³/mol. The zero-order valence-electron chi connectivity index (χ0n) is 16.5. The van der Waals surface area contributed by atoms with Crippen LogP contribution in [0.25, 0.3) is 0 Å². The summed E-state index contributed by atoms with van der Waals surface area (Å²) in [5.74, 6) is -0.175. The molecule has 0 aliphatic carbocycles. The summed E-state index contributed by atoms with van der Waals surface area (Å²) in [6.07, 6.45) is 25.1. The molecule has 0 fully saturated rings. The molecule has 0 aliphatic rings. The highest BCUT2D eigenvalue weighted by atomic mass is 16.5. The van der Waals surface area contributed by atoms with Crippen LogP contribution in [0.15, 0.2) is 0 Å². The van der Waals surface area contributed by atoms with E-state index >= 15 is 0 Å². The number of esters is 1. The monoisotopic (exact) mass is 339 g/mol. The van der Waals surface area contributed by atoms with Crippen LogP contribution in [-0.4, -0.2) is 5.97 Å². The fourth-order valence-corrected chi connectivity index (χ4v) is 3.24. The largest absolute Gasteiger partial charge is 0.462 e. The zero-order valence-corrected chi connectivity index (χ0v) is 16.5. The molecule has 0 amide bonds. The predicted octanol–water partition coefficient (Wildman–Crippen LogP) is 7.75. The molecule has 1 radical (unpaired) electrons. The van der Waals surface area contributed by atoms with E-state index in [0.717, 1.165) is 12.8 Å². The van der Waals surface area contributed by atoms with Crippen molar-refractivity contribution in [2.75, 3.05) is 0 Å². The Morgan fingerprint density at radius 3 is 1.17 bits per heavy atom. The summed E-state index contributed by atoms with van der Waals surface area (Å²) in [6, 6.07) is 0. The Balaban J connectivity index is 2.99. The highest BCUT2D eigenvalue weighted by Gasteiger charge is 1.99. The van der Waals surface area contributed by atoms with Crippen molar-refractivity contribution in [3.05, 3.63) is 7.11 Å². The summed E-state index contributed by atoms with van der Waals surface area (Å²) in [5, 5.41) is 0. The highest BCUT2D eigenvalue weighted by Crippen LogP contribution is 2.14. The van der Waals surface area contributed by atoms with Gasteiger partial charge in [0.05, 0.1) is 0 Å². The molecule has 0 spiro atoms. The van der Waals surface area contributed by atoms with Gasteiger partial charge in [-0.1, -0.05) is 116 Å². The minimum Gasteiger partial charge on any atom is -0.462 e. The van der Waals surface area contributed by atoms with Crippen LogP contribution in [0.2, 0.25) is 0 Å². The third-order valence-corrected chi connectivity index (χ3v) is 4.90. The molecule has 0 saturated carbocycles. The lowest BCUT2D eigenvalue weighted by molar-refractivity contribution is -0.138. The summed E-state index contributed by atoms with van der Waals surface area (Å²) in [4.78, 5) is 10.9. The van der Waals surface area contributed by atoms with Crippen LogP contribution in [0.1, 0.15) is 129 Å². The maximum atomic E-state index is 10.9. The first-order valence-electron chi connectivity index (χ1n) is 10.8. The highest BCUT2D eigenvalue weighted by molar-refractivity contribution is 5.69. The van der Waals surface area contributed by atoms with E-state index < -0.39 is 0 Å². The van der Waals surface area contributed by atoms with E-state index in [0.29, 0.717) is 6.42 Å². The molecule has 0 atom stereocenters. The van der Waals surface area contributed by atoms with Gasteiger partial charge >= 0.3 is 5.97 Å². The van der Waals surface area contributed by atoms with Gasteiger partial charge in [-0.25, -0.2) is 0 Å². The molecule has 0 rings (SSSR count). The second-order valence-electron chi connectivity index (χ2n) is 7.28. The van der Waals surface area contributed by atoms with Gasteiger partial charge in [0.15, 0.2) is 0 Å². The van der Waals surface area contributed by atoms with Gasteiger partial charge in [0.2, 0.25) is 0 Å². The Labute approximate surface area is 152 Å². The quantitative estimate of drug-likeness (QED) is 0.177. The first-order chi connectivity index (χ1) is 11.8. The molecular weight excluding hydrogens is 296 g/mol. The standard InChI is InChI=1S/C22H43O2/c1-3-4-5-6-7-8-9-10-11-12-13-14-15-16-17-18-19-20-21-22(23)24-2/h2-21H2,1H3. The first-order valence-corrected chi connectivity index (χ1v) is 10.8. The van der Waals surface area contributed by atoms with E-state index in [4.69, 9.17) is 0 Å². The lowest BCUT2D eigenvalue weighted by Crippen LogP contribution is -1.97. The van der Waals surface area contributed by atoms with E-state index in [1.807, 2.05) is 0 Å². The molecule has 0 bridgehead atoms. The van der Waals surface area contributed by atoms with Crippen LogP contribution < -0.4 is 0 Å². The van der Waals surface area contributed by atoms with Gasteiger partial charge in [0, 0.05) is 6.42 Å². The minimum absolute atomic E-state index is 0.175. The van der Waals surface area contributed by atoms with Crippen molar-refractivity contribution < 1.29 is 9.53 Å². The van der Waals surface area contributed by atoms with Gasteiger partial charge in [0.1, 0.15) is 7.11 Å². The average Bonchev–Trinajstić information content (AvgIpc) is 2.60. The molecule has 24 heavy (non-hydrogen) atoms. The van der Waals surface area contributed by atoms with Crippen LogP contribution in [0, 0.1) is 7.11 Å². The van der Waals surface area contributed by atoms with E-state index in [-0.39, 0.29) is 5.97 Å². The van der Waals surface area contributed by atoms with Crippen LogP contribution >= 0.6 is 0 Å². The van der Waals surface area contributed by atoms with Crippen LogP contribution in [0.3, 0.4) is 0 Å². The number of carbonyl (C=O) groups excluding carboxylic acids is 1. The van der Waals surface area contributed by atoms with Gasteiger partial charge in [0.25, 0.3) is 0 Å². The zero-order chi connectivity index (χ0) is 17.7. The third-order valence-electron chi connectivity index (χ3n) is 4.90. The summed E-state index contributed by atoms with van der Waals surface area (Å²) >= 11 is 0. The Kier molecular flexibility index (Phi) is 20.1. The summed E-state index contributed by atoms with van der Waals surface area (Å²) in [7, 11) is 3.13. The fourth-order valence-electron chi connectivity index (χ4n) is 3.24. The third kappa shape index (κ3) is 19.5. The molecule has 0 aromatic heterocycles. The number of unbranched alkanes of at least 4 members (excludes halogenated alkanes) is 17. The molecule has 0 aromatic carbocycles. The van der Waals surface area contributed by atoms with Gasteiger partial charge in [-0.15, -0.1) is 0 Å². The average molecular weight is 340 g/mol. The van der Waals surface area contributed by atoms with E-state index in [1.54, 1.807) is 0 Å². The van der Waals surface area contributed by atoms with Gasteiger partial charge in [-0.2, -0.15) is 0 Å². The van der Waals surface area contributed by atoms with Gasteiger partial charge < -0.3 is 4.74 Å². The smallest absolute Gasteiger partial charge is 0.305 e. The maximum Gasteiger partial charge on any atom is 0.305 e. The number of rotatable bonds is 19. The molecule has 143 valence electrons. The second kappa shape index (κ2) is 20.5. The van der Waals surface area contributed by atoms with Crippen molar-refractivity contribution in [2.24, 2.45) is 0 Å². The lowest BCUT2D eigenvalue weighted by Gasteiger charge is -2.03. The normalized spacial score (nSPS) is 10.9. The number of carbonyl (C=O) groups is 1. The van der Waals surface area contributed by atoms with Crippen molar-refractivity contribution in [1.82, 2.24) is 0 Å². The van der Waals surface area contributed by atoms with Crippen molar-refractivity contribution in [2.45, 2.75) is 129 Å². The second-order valence-corrected chi connectivity index (χ2v) is 7.28. The molecule has 2 heteroatoms. The molecule has 0 unspecified atom stereocenters. The summed E-state index contributed by atoms with van der Waals surface area (Å²) in [5.41, 5.74) is 0. The number of hydrogen-bond donors (Lipinski definition) is 0. The molecule has 0 aromatic rings. The summed E-state index contributed by atoms with van der Waals surface area (Å²) in [6.45, 7) is 2.28. The Bertz CT molecular complexity index is 250. The molecule has 0 N–H and O–H groups in total. The molecule has 0 saturated heterocycles. The number of ether oxygens (including phenoxy) is 1. The number of hydrogen-bond acceptors (Lipinski definition) is 2. The van der Waals surface area contributed by atoms with Crippen LogP contribution in [0.4, 0.5) is 0 Å². The van der Waals surface area contributed by atoms with Gasteiger partial charge in [-0.3, -0.25) is 4.79 Å². The molecule has 2 nitrogen and oxygen atoms in total. The maximum absolute atomic E-state index is 10.9. The first kappa shape index (κ1) is 23.5. The molecule has 0 heterocycles. The Morgan fingerprint density at radius 2 is 0.875 bits per heavy atom. The van der Waals surface area contributed by atoms with Crippen LogP contribution in [-0.2, 0) is 9.53 Å². The minimum atomic E-state index is -0.175. The van der Waals surface area contributed by atoms with E-state index in [1.165, 1.54) is 103 Å².